The van der Waals surface area contributed by atoms with Gasteiger partial charge in [-0.25, -0.2) is 0 Å². The van der Waals surface area contributed by atoms with Crippen LogP contribution in [0.4, 0.5) is 11.4 Å². The molecule has 11 heavy (non-hydrogen) atoms. The van der Waals surface area contributed by atoms with E-state index in [9.17, 15) is 0 Å². The van der Waals surface area contributed by atoms with Gasteiger partial charge in [-0.2, -0.15) is 0 Å². The molecule has 4 nitrogen and oxygen atoms in total. The lowest BCUT2D eigenvalue weighted by Gasteiger charge is -2.04. The molecular weight excluding hydrogens is 162 g/mol. The maximum Gasteiger partial charge on any atom is 0.0842 e. The van der Waals surface area contributed by atoms with Gasteiger partial charge in [0.2, 0.25) is 0 Å². The molecule has 0 aliphatic carbocycles. The highest BCUT2D eigenvalue weighted by atomic mass is 32.2. The number of nitrogens with two attached hydrogens (primary N) is 2. The van der Waals surface area contributed by atoms with Gasteiger partial charge in [-0.05, 0) is 30.1 Å². The third-order valence-electron chi connectivity index (χ3n) is 1.28. The van der Waals surface area contributed by atoms with E-state index < -0.39 is 0 Å². The highest BCUT2D eigenvalue weighted by Gasteiger charge is 1.97. The third kappa shape index (κ3) is 1.76. The summed E-state index contributed by atoms with van der Waals surface area (Å²) in [6.07, 6.45) is 0. The van der Waals surface area contributed by atoms with Gasteiger partial charge in [-0.15, -0.1) is 0 Å². The van der Waals surface area contributed by atoms with E-state index in [1.165, 1.54) is 0 Å². The number of hydrogen-bond donors (Lipinski definition) is 4. The van der Waals surface area contributed by atoms with Crippen molar-refractivity contribution in [3.63, 3.8) is 0 Å². The van der Waals surface area contributed by atoms with Crippen LogP contribution in [0.3, 0.4) is 0 Å². The van der Waals surface area contributed by atoms with Gasteiger partial charge in [0, 0.05) is 4.90 Å². The van der Waals surface area contributed by atoms with Gasteiger partial charge in [0.25, 0.3) is 0 Å². The Kier molecular flexibility index (Phi) is 2.58. The Morgan fingerprint density at radius 3 is 2.73 bits per heavy atom. The molecule has 6 N–H and O–H groups in total. The minimum absolute atomic E-state index is 0.473. The number of hydrogen-bond acceptors (Lipinski definition) is 5. The van der Waals surface area contributed by atoms with E-state index in [-0.39, 0.29) is 0 Å². The number of benzene rings is 1. The first kappa shape index (κ1) is 8.19. The molecular formula is C6H9N3OS. The van der Waals surface area contributed by atoms with Crippen molar-refractivity contribution in [2.75, 3.05) is 11.2 Å². The van der Waals surface area contributed by atoms with E-state index >= 15 is 0 Å². The van der Waals surface area contributed by atoms with Gasteiger partial charge >= 0.3 is 0 Å². The highest BCUT2D eigenvalue weighted by molar-refractivity contribution is 7.97. The van der Waals surface area contributed by atoms with Gasteiger partial charge in [0.15, 0.2) is 0 Å². The zero-order valence-corrected chi connectivity index (χ0v) is 6.56. The zero-order valence-electron chi connectivity index (χ0n) is 5.74. The quantitative estimate of drug-likeness (QED) is 0.303. The van der Waals surface area contributed by atoms with Crippen LogP contribution in [-0.2, 0) is 0 Å². The molecule has 0 bridgehead atoms. The average molecular weight is 171 g/mol. The lowest BCUT2D eigenvalue weighted by molar-refractivity contribution is 0.389. The molecule has 0 aliphatic heterocycles. The van der Waals surface area contributed by atoms with Crippen LogP contribution in [0.25, 0.3) is 0 Å². The van der Waals surface area contributed by atoms with Gasteiger partial charge in [0.1, 0.15) is 0 Å². The van der Waals surface area contributed by atoms with Crippen LogP contribution in [-0.4, -0.2) is 5.21 Å². The van der Waals surface area contributed by atoms with Crippen molar-refractivity contribution >= 4 is 23.3 Å². The average Bonchev–Trinajstić information content (AvgIpc) is 2.05. The van der Waals surface area contributed by atoms with Gasteiger partial charge < -0.3 is 5.73 Å². The van der Waals surface area contributed by atoms with Crippen molar-refractivity contribution in [1.29, 1.82) is 0 Å². The second-order valence-corrected chi connectivity index (χ2v) is 2.69. The van der Waals surface area contributed by atoms with Crippen molar-refractivity contribution in [3.05, 3.63) is 18.2 Å². The molecule has 0 radical (unpaired) electrons. The molecule has 0 spiro atoms. The molecule has 0 aromatic heterocycles. The largest absolute Gasteiger partial charge is 0.397 e. The molecule has 0 amide bonds. The number of anilines is 2. The summed E-state index contributed by atoms with van der Waals surface area (Å²) in [5, 5.41) is 13.8. The Labute approximate surface area is 68.7 Å². The van der Waals surface area contributed by atoms with Crippen LogP contribution < -0.4 is 16.4 Å². The fraction of sp³-hybridized carbons (Fsp3) is 0. The summed E-state index contributed by atoms with van der Waals surface area (Å²) in [4.78, 5) is 0.843. The zero-order chi connectivity index (χ0) is 8.27. The Balaban J connectivity index is 3.02. The Morgan fingerprint density at radius 2 is 2.18 bits per heavy atom. The van der Waals surface area contributed by atoms with Crippen LogP contribution >= 0.6 is 11.9 Å². The van der Waals surface area contributed by atoms with Crippen LogP contribution in [0.5, 0.6) is 0 Å². The fourth-order valence-corrected chi connectivity index (χ4v) is 1.04. The van der Waals surface area contributed by atoms with Crippen LogP contribution in [0.2, 0.25) is 0 Å². The van der Waals surface area contributed by atoms with E-state index in [2.05, 4.69) is 0 Å². The second-order valence-electron chi connectivity index (χ2n) is 1.98. The second kappa shape index (κ2) is 3.47. The molecule has 0 heterocycles. The maximum atomic E-state index is 8.56. The topological polar surface area (TPSA) is 84.3 Å². The van der Waals surface area contributed by atoms with E-state index in [1.54, 1.807) is 18.2 Å². The molecule has 0 saturated heterocycles. The fourth-order valence-electron chi connectivity index (χ4n) is 0.706. The number of rotatable bonds is 2. The third-order valence-corrected chi connectivity index (χ3v) is 1.81. The summed E-state index contributed by atoms with van der Waals surface area (Å²) in [7, 11) is 0. The van der Waals surface area contributed by atoms with Crippen molar-refractivity contribution in [3.8, 4) is 0 Å². The smallest absolute Gasteiger partial charge is 0.0842 e. The monoisotopic (exact) mass is 171 g/mol. The predicted molar refractivity (Wildman–Crippen MR) is 46.3 cm³/mol. The standard InChI is InChI=1S/C6H9N3OS/c7-5-2-1-4(11-8)3-6(5)9-10/h1-3,9-10H,7-8H2. The molecule has 1 aromatic carbocycles. The summed E-state index contributed by atoms with van der Waals surface area (Å²) < 4.78 is 0. The Bertz CT molecular complexity index is 254. The molecule has 5 heteroatoms. The van der Waals surface area contributed by atoms with E-state index in [4.69, 9.17) is 16.1 Å². The minimum atomic E-state index is 0.473. The molecule has 0 unspecified atom stereocenters. The SMILES string of the molecule is NSc1ccc(N)c(NO)c1. The van der Waals surface area contributed by atoms with E-state index in [0.717, 1.165) is 16.8 Å². The Hall–Kier alpha value is -0.910. The van der Waals surface area contributed by atoms with E-state index in [0.29, 0.717) is 11.4 Å². The first-order valence-corrected chi connectivity index (χ1v) is 3.82. The molecule has 0 fully saturated rings. The molecule has 0 atom stereocenters. The first-order valence-electron chi connectivity index (χ1n) is 2.94. The van der Waals surface area contributed by atoms with Crippen molar-refractivity contribution in [2.24, 2.45) is 5.14 Å². The van der Waals surface area contributed by atoms with Gasteiger partial charge in [0.05, 0.1) is 11.4 Å². The van der Waals surface area contributed by atoms with Crippen LogP contribution in [0, 0.1) is 0 Å². The van der Waals surface area contributed by atoms with Crippen LogP contribution in [0.15, 0.2) is 23.1 Å². The lowest BCUT2D eigenvalue weighted by atomic mass is 10.3. The van der Waals surface area contributed by atoms with Gasteiger partial charge in [-0.3, -0.25) is 15.8 Å². The predicted octanol–water partition coefficient (Wildman–Crippen LogP) is 1.04. The van der Waals surface area contributed by atoms with Crippen molar-refractivity contribution in [2.45, 2.75) is 4.90 Å². The van der Waals surface area contributed by atoms with E-state index in [1.807, 2.05) is 5.48 Å². The minimum Gasteiger partial charge on any atom is -0.397 e. The first-order chi connectivity index (χ1) is 5.27. The molecule has 1 aromatic rings. The lowest BCUT2D eigenvalue weighted by Crippen LogP contribution is -1.96. The van der Waals surface area contributed by atoms with Crippen molar-refractivity contribution in [1.82, 2.24) is 0 Å². The molecule has 0 aliphatic rings. The molecule has 60 valence electrons. The summed E-state index contributed by atoms with van der Waals surface area (Å²) in [5.41, 5.74) is 8.42. The molecule has 1 rings (SSSR count). The normalized spacial score (nSPS) is 9.64. The number of nitrogen functional groups attached to an aromatic ring is 1. The Morgan fingerprint density at radius 1 is 1.45 bits per heavy atom. The summed E-state index contributed by atoms with van der Waals surface area (Å²) in [6, 6.07) is 5.12. The van der Waals surface area contributed by atoms with Crippen LogP contribution in [0.1, 0.15) is 0 Å². The molecule has 0 saturated carbocycles. The number of nitrogens with one attached hydrogen (secondary N) is 1. The summed E-state index contributed by atoms with van der Waals surface area (Å²) in [6.45, 7) is 0. The summed E-state index contributed by atoms with van der Waals surface area (Å²) in [5.74, 6) is 0. The van der Waals surface area contributed by atoms with Gasteiger partial charge in [-0.1, -0.05) is 0 Å². The summed E-state index contributed by atoms with van der Waals surface area (Å²) >= 11 is 1.10. The highest BCUT2D eigenvalue weighted by Crippen LogP contribution is 2.22. The van der Waals surface area contributed by atoms with Crippen molar-refractivity contribution < 1.29 is 5.21 Å². The maximum absolute atomic E-state index is 8.56.